The third-order valence-corrected chi connectivity index (χ3v) is 2.76. The normalized spacial score (nSPS) is 21.7. The van der Waals surface area contributed by atoms with Crippen molar-refractivity contribution < 1.29 is 9.53 Å². The lowest BCUT2D eigenvalue weighted by atomic mass is 10.2. The molecule has 0 fully saturated rings. The standard InChI is InChI=1S/C10H17NO2S/c1-7-5-6-8(14-7)11-9(12)13-10(2,3)4/h5,8H,6H2,1-4H3,(H,11,12). The number of allylic oxidation sites excluding steroid dienone is 1. The van der Waals surface area contributed by atoms with Crippen molar-refractivity contribution in [1.29, 1.82) is 0 Å². The maximum atomic E-state index is 11.4. The van der Waals surface area contributed by atoms with Crippen LogP contribution in [-0.4, -0.2) is 17.1 Å². The van der Waals surface area contributed by atoms with Gasteiger partial charge in [-0.15, -0.1) is 11.8 Å². The maximum Gasteiger partial charge on any atom is 0.408 e. The van der Waals surface area contributed by atoms with Crippen LogP contribution in [0.2, 0.25) is 0 Å². The number of amides is 1. The van der Waals surface area contributed by atoms with Gasteiger partial charge in [-0.05, 0) is 39.0 Å². The van der Waals surface area contributed by atoms with Crippen LogP contribution in [0.1, 0.15) is 34.1 Å². The van der Waals surface area contributed by atoms with Crippen molar-refractivity contribution in [2.24, 2.45) is 0 Å². The zero-order valence-corrected chi connectivity index (χ0v) is 9.90. The van der Waals surface area contributed by atoms with E-state index in [0.717, 1.165) is 6.42 Å². The number of hydrogen-bond acceptors (Lipinski definition) is 3. The summed E-state index contributed by atoms with van der Waals surface area (Å²) in [5, 5.41) is 2.96. The Morgan fingerprint density at radius 1 is 1.64 bits per heavy atom. The minimum Gasteiger partial charge on any atom is -0.444 e. The topological polar surface area (TPSA) is 38.3 Å². The summed E-state index contributed by atoms with van der Waals surface area (Å²) in [6, 6.07) is 0. The van der Waals surface area contributed by atoms with Gasteiger partial charge in [-0.2, -0.15) is 0 Å². The Labute approximate surface area is 89.3 Å². The fraction of sp³-hybridized carbons (Fsp3) is 0.700. The molecule has 0 spiro atoms. The predicted octanol–water partition coefficient (Wildman–Crippen LogP) is 2.88. The second-order valence-electron chi connectivity index (χ2n) is 4.30. The summed E-state index contributed by atoms with van der Waals surface area (Å²) in [6.07, 6.45) is 2.67. The Balaban J connectivity index is 2.29. The highest BCUT2D eigenvalue weighted by Crippen LogP contribution is 2.29. The van der Waals surface area contributed by atoms with Crippen molar-refractivity contribution in [3.05, 3.63) is 11.0 Å². The van der Waals surface area contributed by atoms with E-state index in [1.54, 1.807) is 11.8 Å². The number of alkyl carbamates (subject to hydrolysis) is 1. The summed E-state index contributed by atoms with van der Waals surface area (Å²) in [6.45, 7) is 7.62. The number of nitrogens with one attached hydrogen (secondary N) is 1. The van der Waals surface area contributed by atoms with E-state index in [9.17, 15) is 4.79 Å². The van der Waals surface area contributed by atoms with Crippen molar-refractivity contribution in [2.75, 3.05) is 0 Å². The first kappa shape index (κ1) is 11.4. The molecule has 1 amide bonds. The predicted molar refractivity (Wildman–Crippen MR) is 59.1 cm³/mol. The van der Waals surface area contributed by atoms with E-state index >= 15 is 0 Å². The number of hydrogen-bond donors (Lipinski definition) is 1. The van der Waals surface area contributed by atoms with Gasteiger partial charge in [0, 0.05) is 0 Å². The molecular weight excluding hydrogens is 198 g/mol. The summed E-state index contributed by atoms with van der Waals surface area (Å²) in [4.78, 5) is 12.6. The third-order valence-electron chi connectivity index (χ3n) is 1.63. The average Bonchev–Trinajstić information content (AvgIpc) is 2.30. The SMILES string of the molecule is CC1=CCC(NC(=O)OC(C)(C)C)S1. The van der Waals surface area contributed by atoms with Gasteiger partial charge in [0.05, 0.1) is 5.37 Å². The Kier molecular flexibility index (Phi) is 3.48. The quantitative estimate of drug-likeness (QED) is 0.731. The minimum absolute atomic E-state index is 0.143. The summed E-state index contributed by atoms with van der Waals surface area (Å²) in [5.74, 6) is 0. The Hall–Kier alpha value is -0.640. The fourth-order valence-corrected chi connectivity index (χ4v) is 2.11. The summed E-state index contributed by atoms with van der Waals surface area (Å²) in [7, 11) is 0. The molecule has 1 heterocycles. The molecule has 0 bridgehead atoms. The molecule has 0 radical (unpaired) electrons. The van der Waals surface area contributed by atoms with E-state index in [1.807, 2.05) is 27.7 Å². The summed E-state index contributed by atoms with van der Waals surface area (Å²) < 4.78 is 5.15. The van der Waals surface area contributed by atoms with Crippen LogP contribution in [0.3, 0.4) is 0 Å². The van der Waals surface area contributed by atoms with E-state index in [1.165, 1.54) is 4.91 Å². The second-order valence-corrected chi connectivity index (χ2v) is 5.75. The van der Waals surface area contributed by atoms with Crippen molar-refractivity contribution in [3.8, 4) is 0 Å². The van der Waals surface area contributed by atoms with Crippen molar-refractivity contribution in [1.82, 2.24) is 5.32 Å². The largest absolute Gasteiger partial charge is 0.444 e. The maximum absolute atomic E-state index is 11.4. The first-order valence-corrected chi connectivity index (χ1v) is 5.58. The third kappa shape index (κ3) is 4.05. The molecule has 4 heteroatoms. The van der Waals surface area contributed by atoms with Gasteiger partial charge in [0.25, 0.3) is 0 Å². The lowest BCUT2D eigenvalue weighted by Gasteiger charge is -2.21. The molecular formula is C10H17NO2S. The van der Waals surface area contributed by atoms with Crippen LogP contribution in [-0.2, 0) is 4.74 Å². The van der Waals surface area contributed by atoms with Crippen LogP contribution in [0.4, 0.5) is 4.79 Å². The Morgan fingerprint density at radius 3 is 2.71 bits per heavy atom. The molecule has 14 heavy (non-hydrogen) atoms. The highest BCUT2D eigenvalue weighted by molar-refractivity contribution is 8.03. The fourth-order valence-electron chi connectivity index (χ4n) is 1.12. The zero-order chi connectivity index (χ0) is 10.8. The average molecular weight is 215 g/mol. The van der Waals surface area contributed by atoms with Gasteiger partial charge in [-0.3, -0.25) is 0 Å². The van der Waals surface area contributed by atoms with Crippen LogP contribution < -0.4 is 5.32 Å². The molecule has 80 valence electrons. The molecule has 0 saturated heterocycles. The van der Waals surface area contributed by atoms with Crippen LogP contribution in [0, 0.1) is 0 Å². The lowest BCUT2D eigenvalue weighted by Crippen LogP contribution is -2.36. The number of rotatable bonds is 1. The minimum atomic E-state index is -0.421. The van der Waals surface area contributed by atoms with E-state index in [-0.39, 0.29) is 11.5 Å². The molecule has 0 aromatic heterocycles. The van der Waals surface area contributed by atoms with Crippen LogP contribution >= 0.6 is 11.8 Å². The highest BCUT2D eigenvalue weighted by atomic mass is 32.2. The van der Waals surface area contributed by atoms with Gasteiger partial charge in [0.2, 0.25) is 0 Å². The first-order chi connectivity index (χ1) is 6.37. The van der Waals surface area contributed by atoms with Gasteiger partial charge in [-0.25, -0.2) is 4.79 Å². The Bertz CT molecular complexity index is 255. The van der Waals surface area contributed by atoms with Crippen molar-refractivity contribution in [3.63, 3.8) is 0 Å². The number of thioether (sulfide) groups is 1. The van der Waals surface area contributed by atoms with E-state index in [0.29, 0.717) is 0 Å². The summed E-state index contributed by atoms with van der Waals surface area (Å²) in [5.41, 5.74) is -0.421. The van der Waals surface area contributed by atoms with Gasteiger partial charge in [0.15, 0.2) is 0 Å². The molecule has 3 nitrogen and oxygen atoms in total. The molecule has 0 aromatic carbocycles. The van der Waals surface area contributed by atoms with E-state index < -0.39 is 5.60 Å². The molecule has 0 saturated carbocycles. The molecule has 1 N–H and O–H groups in total. The van der Waals surface area contributed by atoms with Crippen LogP contribution in [0.15, 0.2) is 11.0 Å². The van der Waals surface area contributed by atoms with Gasteiger partial charge in [0.1, 0.15) is 5.60 Å². The second kappa shape index (κ2) is 4.26. The van der Waals surface area contributed by atoms with Crippen molar-refractivity contribution in [2.45, 2.75) is 45.1 Å². The Morgan fingerprint density at radius 2 is 2.29 bits per heavy atom. The molecule has 1 unspecified atom stereocenters. The molecule has 0 aromatic rings. The molecule has 1 rings (SSSR count). The monoisotopic (exact) mass is 215 g/mol. The summed E-state index contributed by atoms with van der Waals surface area (Å²) >= 11 is 1.67. The zero-order valence-electron chi connectivity index (χ0n) is 9.09. The smallest absolute Gasteiger partial charge is 0.408 e. The molecule has 0 aliphatic carbocycles. The molecule has 1 aliphatic rings. The first-order valence-electron chi connectivity index (χ1n) is 4.70. The highest BCUT2D eigenvalue weighted by Gasteiger charge is 2.21. The van der Waals surface area contributed by atoms with Gasteiger partial charge >= 0.3 is 6.09 Å². The molecule has 1 aliphatic heterocycles. The lowest BCUT2D eigenvalue weighted by molar-refractivity contribution is 0.0523. The van der Waals surface area contributed by atoms with E-state index in [4.69, 9.17) is 4.74 Å². The van der Waals surface area contributed by atoms with Crippen LogP contribution in [0.5, 0.6) is 0 Å². The van der Waals surface area contributed by atoms with Gasteiger partial charge in [-0.1, -0.05) is 6.08 Å². The van der Waals surface area contributed by atoms with Gasteiger partial charge < -0.3 is 10.1 Å². The number of ether oxygens (including phenoxy) is 1. The number of carbonyl (C=O) groups excluding carboxylic acids is 1. The van der Waals surface area contributed by atoms with Crippen LogP contribution in [0.25, 0.3) is 0 Å². The van der Waals surface area contributed by atoms with E-state index in [2.05, 4.69) is 11.4 Å². The molecule has 1 atom stereocenters. The van der Waals surface area contributed by atoms with Crippen molar-refractivity contribution >= 4 is 17.9 Å². The number of carbonyl (C=O) groups is 1.